The van der Waals surface area contributed by atoms with Gasteiger partial charge in [-0.2, -0.15) is 0 Å². The summed E-state index contributed by atoms with van der Waals surface area (Å²) in [5.41, 5.74) is 0.444. The molecule has 2 heterocycles. The molecule has 0 unspecified atom stereocenters. The molecule has 1 atom stereocenters. The second-order valence-electron chi connectivity index (χ2n) is 9.45. The van der Waals surface area contributed by atoms with Crippen molar-refractivity contribution in [2.75, 3.05) is 19.6 Å². The third-order valence-electron chi connectivity index (χ3n) is 6.56. The van der Waals surface area contributed by atoms with E-state index in [1.807, 2.05) is 11.0 Å². The lowest BCUT2D eigenvalue weighted by Crippen LogP contribution is -2.47. The first kappa shape index (κ1) is 23.2. The number of likely N-dealkylation sites (tertiary alicyclic amines) is 2. The molecule has 2 aliphatic heterocycles. The number of nitrogens with zero attached hydrogens (tertiary/aromatic N) is 2. The van der Waals surface area contributed by atoms with E-state index in [4.69, 9.17) is 5.11 Å². The van der Waals surface area contributed by atoms with Gasteiger partial charge in [-0.25, -0.2) is 4.39 Å². The van der Waals surface area contributed by atoms with Gasteiger partial charge < -0.3 is 14.9 Å². The molecule has 1 spiro atoms. The molecule has 0 aromatic heterocycles. The van der Waals surface area contributed by atoms with Crippen molar-refractivity contribution in [3.8, 4) is 0 Å². The molecular formula is C24H33FN2O4. The second-order valence-corrected chi connectivity index (χ2v) is 9.45. The maximum atomic E-state index is 13.7. The number of aliphatic carboxylic acids is 1. The molecular weight excluding hydrogens is 399 g/mol. The summed E-state index contributed by atoms with van der Waals surface area (Å²) in [7, 11) is 0. The Morgan fingerprint density at radius 2 is 1.94 bits per heavy atom. The first-order valence-electron chi connectivity index (χ1n) is 11.3. The van der Waals surface area contributed by atoms with Gasteiger partial charge in [0, 0.05) is 38.5 Å². The summed E-state index contributed by atoms with van der Waals surface area (Å²) in [6, 6.07) is 6.62. The normalized spacial score (nSPS) is 20.6. The molecule has 1 N–H and O–H groups in total. The van der Waals surface area contributed by atoms with Crippen LogP contribution in [0.2, 0.25) is 0 Å². The molecule has 2 amide bonds. The Morgan fingerprint density at radius 3 is 2.55 bits per heavy atom. The van der Waals surface area contributed by atoms with Crippen LogP contribution in [0.25, 0.3) is 0 Å². The van der Waals surface area contributed by atoms with E-state index in [9.17, 15) is 18.8 Å². The van der Waals surface area contributed by atoms with Crippen LogP contribution < -0.4 is 0 Å². The molecule has 2 saturated heterocycles. The fourth-order valence-corrected chi connectivity index (χ4v) is 5.01. The Labute approximate surface area is 183 Å². The fraction of sp³-hybridized carbons (Fsp3) is 0.625. The van der Waals surface area contributed by atoms with Crippen molar-refractivity contribution in [3.63, 3.8) is 0 Å². The van der Waals surface area contributed by atoms with Crippen LogP contribution in [-0.2, 0) is 20.8 Å². The number of halogens is 1. The minimum Gasteiger partial charge on any atom is -0.481 e. The lowest BCUT2D eigenvalue weighted by Gasteiger charge is -2.38. The summed E-state index contributed by atoms with van der Waals surface area (Å²) in [6.07, 6.45) is 3.19. The highest BCUT2D eigenvalue weighted by molar-refractivity contribution is 5.86. The Hall–Kier alpha value is -2.44. The molecule has 2 fully saturated rings. The minimum atomic E-state index is -0.892. The second kappa shape index (κ2) is 9.79. The third kappa shape index (κ3) is 5.63. The van der Waals surface area contributed by atoms with Crippen LogP contribution in [0.1, 0.15) is 57.9 Å². The van der Waals surface area contributed by atoms with Gasteiger partial charge in [0.1, 0.15) is 5.82 Å². The van der Waals surface area contributed by atoms with Crippen LogP contribution in [0.5, 0.6) is 0 Å². The number of hydrogen-bond donors (Lipinski definition) is 1. The van der Waals surface area contributed by atoms with Gasteiger partial charge in [0.15, 0.2) is 0 Å². The Morgan fingerprint density at radius 1 is 1.23 bits per heavy atom. The van der Waals surface area contributed by atoms with Gasteiger partial charge in [-0.15, -0.1) is 0 Å². The minimum absolute atomic E-state index is 0.00603. The molecule has 0 radical (unpaired) electrons. The highest BCUT2D eigenvalue weighted by atomic mass is 19.1. The molecule has 0 aliphatic carbocycles. The number of carboxylic acid groups (broad SMARTS) is 1. The SMILES string of the molecule is CC(C)CN1C(=O)C2(CCN(C(=O)CCCC(=O)O)CC2)C[C@H]1Cc1cccc(F)c1. The van der Waals surface area contributed by atoms with Gasteiger partial charge in [0.25, 0.3) is 0 Å². The predicted octanol–water partition coefficient (Wildman–Crippen LogP) is 3.49. The highest BCUT2D eigenvalue weighted by Gasteiger charge is 2.52. The number of piperidine rings is 1. The Kier molecular flexibility index (Phi) is 7.34. The molecule has 0 bridgehead atoms. The molecule has 31 heavy (non-hydrogen) atoms. The first-order valence-corrected chi connectivity index (χ1v) is 11.3. The first-order chi connectivity index (χ1) is 14.7. The summed E-state index contributed by atoms with van der Waals surface area (Å²) in [5.74, 6) is -0.680. The Bertz CT molecular complexity index is 818. The average Bonchev–Trinajstić information content (AvgIpc) is 2.93. The molecule has 2 aliphatic rings. The molecule has 6 nitrogen and oxygen atoms in total. The maximum Gasteiger partial charge on any atom is 0.303 e. The maximum absolute atomic E-state index is 13.7. The van der Waals surface area contributed by atoms with Crippen LogP contribution in [0.3, 0.4) is 0 Å². The van der Waals surface area contributed by atoms with Gasteiger partial charge in [0.05, 0.1) is 5.41 Å². The smallest absolute Gasteiger partial charge is 0.303 e. The van der Waals surface area contributed by atoms with E-state index in [-0.39, 0.29) is 36.5 Å². The van der Waals surface area contributed by atoms with Crippen LogP contribution >= 0.6 is 0 Å². The molecule has 0 saturated carbocycles. The number of rotatable bonds is 8. The molecule has 1 aromatic carbocycles. The standard InChI is InChI=1S/C24H33FN2O4/c1-17(2)16-27-20(14-18-5-3-6-19(25)13-18)15-24(23(27)31)9-11-26(12-10-24)21(28)7-4-8-22(29)30/h3,5-6,13,17,20H,4,7-12,14-16H2,1-2H3,(H,29,30)/t20-/m1/s1. The zero-order chi connectivity index (χ0) is 22.6. The average molecular weight is 433 g/mol. The van der Waals surface area contributed by atoms with E-state index in [0.717, 1.165) is 12.0 Å². The van der Waals surface area contributed by atoms with Crippen LogP contribution in [0, 0.1) is 17.2 Å². The quantitative estimate of drug-likeness (QED) is 0.682. The van der Waals surface area contributed by atoms with E-state index < -0.39 is 11.4 Å². The summed E-state index contributed by atoms with van der Waals surface area (Å²) in [6.45, 7) is 5.92. The van der Waals surface area contributed by atoms with E-state index in [1.165, 1.54) is 6.07 Å². The summed E-state index contributed by atoms with van der Waals surface area (Å²) >= 11 is 0. The van der Waals surface area contributed by atoms with Crippen molar-refractivity contribution in [1.29, 1.82) is 0 Å². The number of carboxylic acids is 1. The van der Waals surface area contributed by atoms with Crippen molar-refractivity contribution < 1.29 is 23.9 Å². The monoisotopic (exact) mass is 432 g/mol. The lowest BCUT2D eigenvalue weighted by atomic mass is 9.75. The van der Waals surface area contributed by atoms with Crippen molar-refractivity contribution >= 4 is 17.8 Å². The van der Waals surface area contributed by atoms with Gasteiger partial charge in [-0.1, -0.05) is 26.0 Å². The van der Waals surface area contributed by atoms with Crippen molar-refractivity contribution in [2.45, 2.75) is 64.8 Å². The highest BCUT2D eigenvalue weighted by Crippen LogP contribution is 2.45. The zero-order valence-electron chi connectivity index (χ0n) is 18.5. The number of benzene rings is 1. The molecule has 7 heteroatoms. The van der Waals surface area contributed by atoms with Crippen molar-refractivity contribution in [1.82, 2.24) is 9.80 Å². The third-order valence-corrected chi connectivity index (χ3v) is 6.56. The molecule has 3 rings (SSSR count). The predicted molar refractivity (Wildman–Crippen MR) is 115 cm³/mol. The zero-order valence-corrected chi connectivity index (χ0v) is 18.5. The topological polar surface area (TPSA) is 77.9 Å². The van der Waals surface area contributed by atoms with Gasteiger partial charge in [-0.05, 0) is 55.7 Å². The van der Waals surface area contributed by atoms with E-state index in [0.29, 0.717) is 51.2 Å². The van der Waals surface area contributed by atoms with Crippen LogP contribution in [0.4, 0.5) is 4.39 Å². The van der Waals surface area contributed by atoms with Crippen molar-refractivity contribution in [3.05, 3.63) is 35.6 Å². The number of carbonyl (C=O) groups excluding carboxylic acids is 2. The number of carbonyl (C=O) groups is 3. The number of hydrogen-bond acceptors (Lipinski definition) is 3. The summed E-state index contributed by atoms with van der Waals surface area (Å²) in [5, 5.41) is 8.75. The van der Waals surface area contributed by atoms with Crippen molar-refractivity contribution in [2.24, 2.45) is 11.3 Å². The fourth-order valence-electron chi connectivity index (χ4n) is 5.01. The Balaban J connectivity index is 1.66. The summed E-state index contributed by atoms with van der Waals surface area (Å²) < 4.78 is 13.7. The molecule has 1 aromatic rings. The molecule has 170 valence electrons. The lowest BCUT2D eigenvalue weighted by molar-refractivity contribution is -0.143. The van der Waals surface area contributed by atoms with E-state index in [2.05, 4.69) is 13.8 Å². The van der Waals surface area contributed by atoms with Crippen LogP contribution in [-0.4, -0.2) is 58.4 Å². The number of amides is 2. The largest absolute Gasteiger partial charge is 0.481 e. The van der Waals surface area contributed by atoms with Gasteiger partial charge in [-0.3, -0.25) is 14.4 Å². The van der Waals surface area contributed by atoms with E-state index in [1.54, 1.807) is 17.0 Å². The summed E-state index contributed by atoms with van der Waals surface area (Å²) in [4.78, 5) is 40.3. The van der Waals surface area contributed by atoms with E-state index >= 15 is 0 Å². The van der Waals surface area contributed by atoms with Crippen LogP contribution in [0.15, 0.2) is 24.3 Å². The van der Waals surface area contributed by atoms with Gasteiger partial charge in [0.2, 0.25) is 11.8 Å². The van der Waals surface area contributed by atoms with Gasteiger partial charge >= 0.3 is 5.97 Å².